The summed E-state index contributed by atoms with van der Waals surface area (Å²) in [7, 11) is 0. The molecular weight excluding hydrogens is 204 g/mol. The number of aromatic hydroxyl groups is 1. The molecule has 5 heteroatoms. The molecule has 1 aromatic carbocycles. The molecule has 78 valence electrons. The van der Waals surface area contributed by atoms with Crippen LogP contribution in [0.1, 0.15) is 0 Å². The average molecular weight is 212 g/mol. The quantitative estimate of drug-likeness (QED) is 0.664. The Morgan fingerprint density at radius 3 is 2.81 bits per heavy atom. The van der Waals surface area contributed by atoms with E-state index in [1.807, 2.05) is 12.1 Å². The number of aromatic nitrogens is 4. The van der Waals surface area contributed by atoms with Crippen LogP contribution in [0.25, 0.3) is 16.6 Å². The average Bonchev–Trinajstić information content (AvgIpc) is 2.73. The zero-order chi connectivity index (χ0) is 11.0. The van der Waals surface area contributed by atoms with Gasteiger partial charge in [-0.25, -0.2) is 4.68 Å². The molecule has 0 amide bonds. The van der Waals surface area contributed by atoms with Crippen molar-refractivity contribution in [3.63, 3.8) is 0 Å². The topological polar surface area (TPSA) is 63.8 Å². The summed E-state index contributed by atoms with van der Waals surface area (Å²) in [5.41, 5.74) is 1.66. The van der Waals surface area contributed by atoms with Crippen LogP contribution < -0.4 is 0 Å². The number of phenols is 1. The third-order valence-electron chi connectivity index (χ3n) is 2.37. The Bertz CT molecular complexity index is 633. The normalized spacial score (nSPS) is 10.8. The molecule has 0 radical (unpaired) electrons. The Morgan fingerprint density at radius 1 is 1.06 bits per heavy atom. The van der Waals surface area contributed by atoms with Crippen LogP contribution in [0.3, 0.4) is 0 Å². The van der Waals surface area contributed by atoms with E-state index < -0.39 is 0 Å². The number of fused-ring (bicyclic) bond motifs is 1. The van der Waals surface area contributed by atoms with E-state index in [9.17, 15) is 5.11 Å². The molecule has 0 bridgehead atoms. The summed E-state index contributed by atoms with van der Waals surface area (Å²) in [5, 5.41) is 22.2. The number of hydrogen-bond acceptors (Lipinski definition) is 4. The first kappa shape index (κ1) is 8.84. The highest BCUT2D eigenvalue weighted by Crippen LogP contribution is 2.21. The molecule has 2 heterocycles. The minimum absolute atomic E-state index is 0.219. The molecule has 2 aromatic heterocycles. The van der Waals surface area contributed by atoms with Crippen molar-refractivity contribution in [3.8, 4) is 11.4 Å². The van der Waals surface area contributed by atoms with Gasteiger partial charge in [0.1, 0.15) is 5.75 Å². The highest BCUT2D eigenvalue weighted by Gasteiger charge is 2.05. The number of hydrogen-bond donors (Lipinski definition) is 1. The molecular formula is C11H8N4O. The molecule has 1 N–H and O–H groups in total. The molecule has 3 rings (SSSR count). The van der Waals surface area contributed by atoms with E-state index in [0.29, 0.717) is 0 Å². The standard InChI is InChI=1S/C11H8N4O/c16-10-2-1-8-6-14-15(11(8)5-10)9-3-4-12-13-7-9/h1-7,16H. The van der Waals surface area contributed by atoms with Crippen molar-refractivity contribution in [2.75, 3.05) is 0 Å². The molecule has 0 saturated heterocycles. The van der Waals surface area contributed by atoms with Crippen molar-refractivity contribution in [3.05, 3.63) is 42.9 Å². The maximum atomic E-state index is 9.45. The molecule has 0 saturated carbocycles. The van der Waals surface area contributed by atoms with Crippen LogP contribution in [0.4, 0.5) is 0 Å². The first-order valence-corrected chi connectivity index (χ1v) is 4.78. The molecule has 0 spiro atoms. The minimum Gasteiger partial charge on any atom is -0.508 e. The van der Waals surface area contributed by atoms with Crippen LogP contribution in [0.2, 0.25) is 0 Å². The van der Waals surface area contributed by atoms with Gasteiger partial charge in [-0.1, -0.05) is 0 Å². The van der Waals surface area contributed by atoms with Gasteiger partial charge in [-0.15, -0.1) is 0 Å². The van der Waals surface area contributed by atoms with Gasteiger partial charge >= 0.3 is 0 Å². The zero-order valence-corrected chi connectivity index (χ0v) is 8.28. The summed E-state index contributed by atoms with van der Waals surface area (Å²) in [5.74, 6) is 0.219. The van der Waals surface area contributed by atoms with Crippen LogP contribution in [-0.4, -0.2) is 25.1 Å². The molecule has 16 heavy (non-hydrogen) atoms. The van der Waals surface area contributed by atoms with Crippen LogP contribution >= 0.6 is 0 Å². The fraction of sp³-hybridized carbons (Fsp3) is 0. The summed E-state index contributed by atoms with van der Waals surface area (Å²) in [6, 6.07) is 6.94. The first-order chi connectivity index (χ1) is 7.84. The molecule has 3 aromatic rings. The summed E-state index contributed by atoms with van der Waals surface area (Å²) in [4.78, 5) is 0. The molecule has 5 nitrogen and oxygen atoms in total. The van der Waals surface area contributed by atoms with Gasteiger partial charge in [0, 0.05) is 11.5 Å². The van der Waals surface area contributed by atoms with Crippen LogP contribution in [0.15, 0.2) is 42.9 Å². The van der Waals surface area contributed by atoms with Crippen LogP contribution in [0, 0.1) is 0 Å². The monoisotopic (exact) mass is 212 g/mol. The second-order valence-corrected chi connectivity index (χ2v) is 3.40. The molecule has 0 unspecified atom stereocenters. The Kier molecular flexibility index (Phi) is 1.83. The zero-order valence-electron chi connectivity index (χ0n) is 8.28. The number of phenolic OH excluding ortho intramolecular Hbond substituents is 1. The summed E-state index contributed by atoms with van der Waals surface area (Å²) in [6.07, 6.45) is 4.97. The number of rotatable bonds is 1. The molecule has 0 fully saturated rings. The van der Waals surface area contributed by atoms with Crippen molar-refractivity contribution >= 4 is 10.9 Å². The lowest BCUT2D eigenvalue weighted by molar-refractivity contribution is 0.476. The number of benzene rings is 1. The SMILES string of the molecule is Oc1ccc2cnn(-c3ccnnc3)c2c1. The van der Waals surface area contributed by atoms with E-state index in [2.05, 4.69) is 15.3 Å². The number of nitrogens with zero attached hydrogens (tertiary/aromatic N) is 4. The second-order valence-electron chi connectivity index (χ2n) is 3.40. The predicted octanol–water partition coefficient (Wildman–Crippen LogP) is 1.52. The van der Waals surface area contributed by atoms with Gasteiger partial charge in [0.05, 0.1) is 29.8 Å². The lowest BCUT2D eigenvalue weighted by atomic mass is 10.2. The van der Waals surface area contributed by atoms with E-state index in [4.69, 9.17) is 0 Å². The van der Waals surface area contributed by atoms with Crippen molar-refractivity contribution in [2.45, 2.75) is 0 Å². The van der Waals surface area contributed by atoms with Gasteiger partial charge in [-0.2, -0.15) is 15.3 Å². The van der Waals surface area contributed by atoms with Gasteiger partial charge in [0.2, 0.25) is 0 Å². The van der Waals surface area contributed by atoms with E-state index >= 15 is 0 Å². The summed E-state index contributed by atoms with van der Waals surface area (Å²) < 4.78 is 1.71. The third-order valence-corrected chi connectivity index (χ3v) is 2.37. The fourth-order valence-electron chi connectivity index (χ4n) is 1.62. The lowest BCUT2D eigenvalue weighted by Crippen LogP contribution is -1.96. The Labute approximate surface area is 91.0 Å². The molecule has 0 aliphatic rings. The van der Waals surface area contributed by atoms with Gasteiger partial charge in [0.25, 0.3) is 0 Å². The van der Waals surface area contributed by atoms with Gasteiger partial charge in [0.15, 0.2) is 0 Å². The molecule has 0 aliphatic heterocycles. The molecule has 0 aliphatic carbocycles. The van der Waals surface area contributed by atoms with Crippen molar-refractivity contribution in [1.82, 2.24) is 20.0 Å². The van der Waals surface area contributed by atoms with Crippen molar-refractivity contribution < 1.29 is 5.11 Å². The molecule has 0 atom stereocenters. The summed E-state index contributed by atoms with van der Waals surface area (Å²) >= 11 is 0. The largest absolute Gasteiger partial charge is 0.508 e. The summed E-state index contributed by atoms with van der Waals surface area (Å²) in [6.45, 7) is 0. The van der Waals surface area contributed by atoms with E-state index in [0.717, 1.165) is 16.6 Å². The lowest BCUT2D eigenvalue weighted by Gasteiger charge is -2.01. The van der Waals surface area contributed by atoms with Crippen LogP contribution in [0.5, 0.6) is 5.75 Å². The van der Waals surface area contributed by atoms with E-state index in [1.165, 1.54) is 0 Å². The van der Waals surface area contributed by atoms with Gasteiger partial charge in [-0.3, -0.25) is 0 Å². The van der Waals surface area contributed by atoms with Gasteiger partial charge in [-0.05, 0) is 18.2 Å². The first-order valence-electron chi connectivity index (χ1n) is 4.78. The Morgan fingerprint density at radius 2 is 2.00 bits per heavy atom. The maximum absolute atomic E-state index is 9.45. The van der Waals surface area contributed by atoms with E-state index in [1.54, 1.807) is 35.4 Å². The Balaban J connectivity index is 2.29. The second kappa shape index (κ2) is 3.30. The predicted molar refractivity (Wildman–Crippen MR) is 58.3 cm³/mol. The minimum atomic E-state index is 0.219. The van der Waals surface area contributed by atoms with Crippen molar-refractivity contribution in [2.24, 2.45) is 0 Å². The highest BCUT2D eigenvalue weighted by atomic mass is 16.3. The Hall–Kier alpha value is -2.43. The fourth-order valence-corrected chi connectivity index (χ4v) is 1.62. The van der Waals surface area contributed by atoms with Crippen molar-refractivity contribution in [1.29, 1.82) is 0 Å². The van der Waals surface area contributed by atoms with Gasteiger partial charge < -0.3 is 5.11 Å². The van der Waals surface area contributed by atoms with Crippen LogP contribution in [-0.2, 0) is 0 Å². The van der Waals surface area contributed by atoms with E-state index in [-0.39, 0.29) is 5.75 Å². The third kappa shape index (κ3) is 1.30. The smallest absolute Gasteiger partial charge is 0.117 e. The highest BCUT2D eigenvalue weighted by molar-refractivity contribution is 5.81. The maximum Gasteiger partial charge on any atom is 0.117 e.